The molecule has 0 N–H and O–H groups in total. The first-order valence-electron chi connectivity index (χ1n) is 5.61. The minimum Gasteiger partial charge on any atom is -0.755 e. The molecule has 3 nitrogen and oxygen atoms in total. The Bertz CT molecular complexity index is 538. The van der Waals surface area contributed by atoms with E-state index >= 15 is 0 Å². The largest absolute Gasteiger partial charge is 0.755 e. The molecule has 0 bridgehead atoms. The highest BCUT2D eigenvalue weighted by molar-refractivity contribution is 7.81. The van der Waals surface area contributed by atoms with Gasteiger partial charge in [0.2, 0.25) is 0 Å². The van der Waals surface area contributed by atoms with E-state index in [0.29, 0.717) is 11.4 Å². The van der Waals surface area contributed by atoms with Gasteiger partial charge in [-0.05, 0) is 49.2 Å². The van der Waals surface area contributed by atoms with Crippen LogP contribution in [0.15, 0.2) is 48.5 Å². The fourth-order valence-corrected chi connectivity index (χ4v) is 2.40. The third-order valence-corrected chi connectivity index (χ3v) is 3.34. The van der Waals surface area contributed by atoms with Crippen molar-refractivity contribution in [2.75, 3.05) is 4.31 Å². The Balaban J connectivity index is 2.50. The lowest BCUT2D eigenvalue weighted by Crippen LogP contribution is -2.19. The fraction of sp³-hybridized carbons (Fsp3) is 0.143. The van der Waals surface area contributed by atoms with E-state index in [1.807, 2.05) is 50.2 Å². The van der Waals surface area contributed by atoms with Gasteiger partial charge in [-0.15, -0.1) is 0 Å². The van der Waals surface area contributed by atoms with Gasteiger partial charge in [-0.3, -0.25) is 8.51 Å². The molecule has 2 aromatic rings. The molecule has 0 saturated heterocycles. The van der Waals surface area contributed by atoms with Crippen LogP contribution < -0.4 is 4.31 Å². The van der Waals surface area contributed by atoms with E-state index in [4.69, 9.17) is 0 Å². The van der Waals surface area contributed by atoms with Gasteiger partial charge >= 0.3 is 0 Å². The highest BCUT2D eigenvalue weighted by Gasteiger charge is 2.10. The third kappa shape index (κ3) is 2.78. The lowest BCUT2D eigenvalue weighted by Gasteiger charge is -2.27. The summed E-state index contributed by atoms with van der Waals surface area (Å²) in [5.74, 6) is 0. The monoisotopic (exact) mass is 260 g/mol. The van der Waals surface area contributed by atoms with Crippen LogP contribution in [0.1, 0.15) is 11.1 Å². The van der Waals surface area contributed by atoms with Crippen molar-refractivity contribution in [3.05, 3.63) is 59.7 Å². The molecular weight excluding hydrogens is 246 g/mol. The summed E-state index contributed by atoms with van der Waals surface area (Å²) in [5, 5.41) is 0. The molecule has 0 saturated carbocycles. The van der Waals surface area contributed by atoms with E-state index in [-0.39, 0.29) is 0 Å². The molecule has 0 radical (unpaired) electrons. The van der Waals surface area contributed by atoms with Gasteiger partial charge in [0.15, 0.2) is 0 Å². The van der Waals surface area contributed by atoms with Crippen LogP contribution in [0, 0.1) is 13.8 Å². The topological polar surface area (TPSA) is 43.4 Å². The van der Waals surface area contributed by atoms with E-state index < -0.39 is 11.3 Å². The van der Waals surface area contributed by atoms with Gasteiger partial charge in [0.05, 0.1) is 22.6 Å². The Morgan fingerprint density at radius 3 is 1.72 bits per heavy atom. The number of hydrogen-bond donors (Lipinski definition) is 0. The smallest absolute Gasteiger partial charge is 0.0540 e. The first-order valence-corrected chi connectivity index (χ1v) is 6.64. The number of hydrogen-bond acceptors (Lipinski definition) is 2. The van der Waals surface area contributed by atoms with Crippen molar-refractivity contribution in [1.82, 2.24) is 0 Å². The zero-order chi connectivity index (χ0) is 13.1. The average molecular weight is 260 g/mol. The Labute approximate surface area is 109 Å². The predicted molar refractivity (Wildman–Crippen MR) is 73.4 cm³/mol. The molecule has 0 aliphatic carbocycles. The number of benzene rings is 2. The maximum atomic E-state index is 11.4. The zero-order valence-electron chi connectivity index (χ0n) is 10.3. The lowest BCUT2D eigenvalue weighted by atomic mass is 10.2. The van der Waals surface area contributed by atoms with Crippen LogP contribution in [-0.2, 0) is 11.3 Å². The maximum Gasteiger partial charge on any atom is 0.0540 e. The van der Waals surface area contributed by atoms with Crippen molar-refractivity contribution in [1.29, 1.82) is 0 Å². The number of rotatable bonds is 3. The van der Waals surface area contributed by atoms with Gasteiger partial charge < -0.3 is 4.55 Å². The fourth-order valence-electron chi connectivity index (χ4n) is 1.83. The van der Waals surface area contributed by atoms with Crippen molar-refractivity contribution in [2.45, 2.75) is 13.8 Å². The summed E-state index contributed by atoms with van der Waals surface area (Å²) in [6.45, 7) is 3.87. The Hall–Kier alpha value is -1.65. The predicted octanol–water partition coefficient (Wildman–Crippen LogP) is 3.24. The minimum atomic E-state index is -2.34. The maximum absolute atomic E-state index is 11.4. The van der Waals surface area contributed by atoms with Gasteiger partial charge in [-0.1, -0.05) is 24.3 Å². The SMILES string of the molecule is Cc1cccc(N(c2cccc(C)c2)S(=O)[O-])c1. The van der Waals surface area contributed by atoms with Gasteiger partial charge in [-0.2, -0.15) is 0 Å². The van der Waals surface area contributed by atoms with E-state index in [9.17, 15) is 8.76 Å². The molecule has 1 atom stereocenters. The van der Waals surface area contributed by atoms with Crippen LogP contribution in [0.25, 0.3) is 0 Å². The van der Waals surface area contributed by atoms with Crippen LogP contribution in [-0.4, -0.2) is 8.76 Å². The van der Waals surface area contributed by atoms with Crippen LogP contribution in [0.4, 0.5) is 11.4 Å². The zero-order valence-corrected chi connectivity index (χ0v) is 11.1. The lowest BCUT2D eigenvalue weighted by molar-refractivity contribution is 0.537. The first kappa shape index (κ1) is 12.8. The van der Waals surface area contributed by atoms with E-state index in [2.05, 4.69) is 0 Å². The summed E-state index contributed by atoms with van der Waals surface area (Å²) in [6.07, 6.45) is 0. The minimum absolute atomic E-state index is 0.647. The molecule has 18 heavy (non-hydrogen) atoms. The van der Waals surface area contributed by atoms with E-state index in [1.165, 1.54) is 4.31 Å². The molecule has 1 unspecified atom stereocenters. The van der Waals surface area contributed by atoms with Gasteiger partial charge in [0.1, 0.15) is 0 Å². The van der Waals surface area contributed by atoms with Crippen LogP contribution in [0.5, 0.6) is 0 Å². The second kappa shape index (κ2) is 5.33. The van der Waals surface area contributed by atoms with Gasteiger partial charge in [0, 0.05) is 0 Å². The normalized spacial score (nSPS) is 12.2. The molecule has 94 valence electrons. The highest BCUT2D eigenvalue weighted by Crippen LogP contribution is 2.27. The Kier molecular flexibility index (Phi) is 3.79. The quantitative estimate of drug-likeness (QED) is 0.795. The van der Waals surface area contributed by atoms with Crippen molar-refractivity contribution in [2.24, 2.45) is 0 Å². The van der Waals surface area contributed by atoms with Crippen molar-refractivity contribution in [3.8, 4) is 0 Å². The third-order valence-electron chi connectivity index (χ3n) is 2.62. The number of aryl methyl sites for hydroxylation is 2. The van der Waals surface area contributed by atoms with E-state index in [0.717, 1.165) is 11.1 Å². The summed E-state index contributed by atoms with van der Waals surface area (Å²) in [7, 11) is 0. The van der Waals surface area contributed by atoms with Gasteiger partial charge in [0.25, 0.3) is 0 Å². The van der Waals surface area contributed by atoms with E-state index in [1.54, 1.807) is 12.1 Å². The summed E-state index contributed by atoms with van der Waals surface area (Å²) in [5.41, 5.74) is 3.34. The summed E-state index contributed by atoms with van der Waals surface area (Å²) in [6, 6.07) is 14.8. The van der Waals surface area contributed by atoms with Crippen molar-refractivity contribution in [3.63, 3.8) is 0 Å². The average Bonchev–Trinajstić information content (AvgIpc) is 2.28. The van der Waals surface area contributed by atoms with Crippen molar-refractivity contribution >= 4 is 22.6 Å². The number of anilines is 2. The molecule has 0 aliphatic rings. The summed E-state index contributed by atoms with van der Waals surface area (Å²) < 4.78 is 24.2. The molecule has 0 heterocycles. The summed E-state index contributed by atoms with van der Waals surface area (Å²) in [4.78, 5) is 0. The molecule has 0 spiro atoms. The number of nitrogens with zero attached hydrogens (tertiary/aromatic N) is 1. The second-order valence-electron chi connectivity index (χ2n) is 4.19. The molecule has 0 aliphatic heterocycles. The molecule has 0 fully saturated rings. The summed E-state index contributed by atoms with van der Waals surface area (Å²) >= 11 is -2.34. The van der Waals surface area contributed by atoms with Crippen LogP contribution >= 0.6 is 0 Å². The van der Waals surface area contributed by atoms with Crippen molar-refractivity contribution < 1.29 is 8.76 Å². The first-order chi connectivity index (χ1) is 8.58. The molecule has 2 aromatic carbocycles. The molecule has 4 heteroatoms. The molecule has 0 amide bonds. The molecular formula is C14H14NO2S-. The second-order valence-corrected chi connectivity index (χ2v) is 4.99. The Morgan fingerprint density at radius 1 is 0.944 bits per heavy atom. The Morgan fingerprint density at radius 2 is 1.39 bits per heavy atom. The van der Waals surface area contributed by atoms with Gasteiger partial charge in [-0.25, -0.2) is 0 Å². The van der Waals surface area contributed by atoms with Crippen LogP contribution in [0.2, 0.25) is 0 Å². The standard InChI is InChI=1S/C14H15NO2S/c1-11-5-3-7-13(9-11)15(18(16)17)14-8-4-6-12(2)10-14/h3-10H,1-2H3,(H,16,17)/p-1. The van der Waals surface area contributed by atoms with Crippen LogP contribution in [0.3, 0.4) is 0 Å². The molecule has 0 aromatic heterocycles. The highest BCUT2D eigenvalue weighted by atomic mass is 32.2. The molecule has 2 rings (SSSR count).